The van der Waals surface area contributed by atoms with Crippen LogP contribution in [0.25, 0.3) is 0 Å². The van der Waals surface area contributed by atoms with Gasteiger partial charge in [-0.2, -0.15) is 0 Å². The summed E-state index contributed by atoms with van der Waals surface area (Å²) in [5.74, 6) is -1.55. The van der Waals surface area contributed by atoms with Crippen LogP contribution in [0.5, 0.6) is 0 Å². The number of ether oxygens (including phenoxy) is 2. The van der Waals surface area contributed by atoms with E-state index in [2.05, 4.69) is 5.32 Å². The summed E-state index contributed by atoms with van der Waals surface area (Å²) in [6.45, 7) is 6.15. The molecule has 1 unspecified atom stereocenters. The van der Waals surface area contributed by atoms with Gasteiger partial charge in [-0.05, 0) is 20.8 Å². The molecule has 0 bridgehead atoms. The van der Waals surface area contributed by atoms with Gasteiger partial charge in [-0.1, -0.05) is 0 Å². The fourth-order valence-corrected chi connectivity index (χ4v) is 3.88. The van der Waals surface area contributed by atoms with Crippen LogP contribution in [0.3, 0.4) is 0 Å². The topological polar surface area (TPSA) is 128 Å². The van der Waals surface area contributed by atoms with E-state index in [1.54, 1.807) is 20.8 Å². The maximum absolute atomic E-state index is 12.7. The van der Waals surface area contributed by atoms with Crippen LogP contribution in [0.4, 0.5) is 0 Å². The number of esters is 2. The van der Waals surface area contributed by atoms with Gasteiger partial charge in [0.25, 0.3) is 5.91 Å². The number of carbonyl (C=O) groups excluding carboxylic acids is 4. The predicted molar refractivity (Wildman–Crippen MR) is 88.7 cm³/mol. The fraction of sp³-hybridized carbons (Fsp3) is 0.600. The quantitative estimate of drug-likeness (QED) is 0.375. The molecule has 2 aliphatic heterocycles. The normalized spacial score (nSPS) is 25.7. The van der Waals surface area contributed by atoms with E-state index in [0.29, 0.717) is 12.0 Å². The Hall–Kier alpha value is -2.07. The predicted octanol–water partition coefficient (Wildman–Crippen LogP) is -0.539. The van der Waals surface area contributed by atoms with Crippen LogP contribution >= 0.6 is 11.8 Å². The molecule has 0 aromatic heterocycles. The van der Waals surface area contributed by atoms with Crippen molar-refractivity contribution in [3.63, 3.8) is 0 Å². The Kier molecular flexibility index (Phi) is 5.14. The van der Waals surface area contributed by atoms with Gasteiger partial charge in [0.05, 0.1) is 0 Å². The minimum absolute atomic E-state index is 0.0454. The van der Waals surface area contributed by atoms with Gasteiger partial charge in [-0.25, -0.2) is 4.79 Å². The van der Waals surface area contributed by atoms with Crippen molar-refractivity contribution in [1.29, 1.82) is 0 Å². The standard InChI is InChI=1S/C15H21N3O6S/c1-8(20)23-5-9-6-25-15(17-7-19)11(16)12(21)18(15)10(9)13(22)24-14(2,3)4/h7,11H,5-6,16H2,1-4H3,(H,17,19)/t11-,15?/m1/s1. The first-order chi connectivity index (χ1) is 11.5. The average Bonchev–Trinajstić information content (AvgIpc) is 2.50. The zero-order chi connectivity index (χ0) is 19.0. The number of amides is 2. The summed E-state index contributed by atoms with van der Waals surface area (Å²) < 4.78 is 10.4. The number of nitrogens with two attached hydrogens (primary N) is 1. The van der Waals surface area contributed by atoms with E-state index in [4.69, 9.17) is 15.2 Å². The van der Waals surface area contributed by atoms with Crippen LogP contribution < -0.4 is 11.1 Å². The molecule has 0 saturated carbocycles. The van der Waals surface area contributed by atoms with Gasteiger partial charge in [0.2, 0.25) is 6.41 Å². The van der Waals surface area contributed by atoms with Gasteiger partial charge in [0.15, 0.2) is 4.99 Å². The molecule has 9 nitrogen and oxygen atoms in total. The molecule has 3 N–H and O–H groups in total. The molecule has 2 atom stereocenters. The van der Waals surface area contributed by atoms with Crippen molar-refractivity contribution in [1.82, 2.24) is 10.2 Å². The van der Waals surface area contributed by atoms with E-state index in [-0.39, 0.29) is 18.1 Å². The number of nitrogens with one attached hydrogen (secondary N) is 1. The van der Waals surface area contributed by atoms with Crippen LogP contribution in [0, 0.1) is 0 Å². The van der Waals surface area contributed by atoms with Crippen molar-refractivity contribution < 1.29 is 28.7 Å². The second-order valence-corrected chi connectivity index (χ2v) is 7.83. The van der Waals surface area contributed by atoms with Crippen molar-refractivity contribution in [3.8, 4) is 0 Å². The lowest BCUT2D eigenvalue weighted by atomic mass is 9.98. The summed E-state index contributed by atoms with van der Waals surface area (Å²) >= 11 is 1.18. The largest absolute Gasteiger partial charge is 0.461 e. The third-order valence-corrected chi connectivity index (χ3v) is 5.06. The third kappa shape index (κ3) is 3.49. The number of β-lactam (4-membered cyclic amide) rings is 1. The Bertz CT molecular complexity index is 656. The maximum Gasteiger partial charge on any atom is 0.355 e. The summed E-state index contributed by atoms with van der Waals surface area (Å²) in [4.78, 5) is 47.0. The highest BCUT2D eigenvalue weighted by atomic mass is 32.2. The fourth-order valence-electron chi connectivity index (χ4n) is 2.54. The zero-order valence-corrected chi connectivity index (χ0v) is 15.3. The van der Waals surface area contributed by atoms with Crippen LogP contribution in [0.1, 0.15) is 27.7 Å². The molecule has 138 valence electrons. The molecule has 0 aromatic carbocycles. The molecule has 0 aliphatic carbocycles. The monoisotopic (exact) mass is 371 g/mol. The third-order valence-electron chi connectivity index (χ3n) is 3.57. The first-order valence-electron chi connectivity index (χ1n) is 7.57. The maximum atomic E-state index is 12.7. The molecule has 1 saturated heterocycles. The highest BCUT2D eigenvalue weighted by Crippen LogP contribution is 2.47. The SMILES string of the molecule is CC(=O)OCC1=C(C(=O)OC(C)(C)C)N2C(=O)[C@@H](N)C2(NC=O)SC1. The molecule has 25 heavy (non-hydrogen) atoms. The van der Waals surface area contributed by atoms with E-state index in [0.717, 1.165) is 4.90 Å². The number of fused-ring (bicyclic) bond motifs is 1. The van der Waals surface area contributed by atoms with Crippen molar-refractivity contribution >= 4 is 36.0 Å². The summed E-state index contributed by atoms with van der Waals surface area (Å²) in [5.41, 5.74) is 5.44. The van der Waals surface area contributed by atoms with Crippen LogP contribution in [0.15, 0.2) is 11.3 Å². The van der Waals surface area contributed by atoms with E-state index in [1.165, 1.54) is 18.7 Å². The highest BCUT2D eigenvalue weighted by Gasteiger charge is 2.64. The van der Waals surface area contributed by atoms with Crippen molar-refractivity contribution in [2.75, 3.05) is 12.4 Å². The lowest BCUT2D eigenvalue weighted by Gasteiger charge is -2.57. The lowest BCUT2D eigenvalue weighted by Crippen LogP contribution is -2.82. The molecular formula is C15H21N3O6S. The summed E-state index contributed by atoms with van der Waals surface area (Å²) in [6.07, 6.45) is 0.427. The summed E-state index contributed by atoms with van der Waals surface area (Å²) in [5, 5.41) is 2.52. The summed E-state index contributed by atoms with van der Waals surface area (Å²) in [7, 11) is 0. The van der Waals surface area contributed by atoms with Gasteiger partial charge < -0.3 is 20.5 Å². The second-order valence-electron chi connectivity index (χ2n) is 6.63. The molecule has 2 rings (SSSR count). The van der Waals surface area contributed by atoms with Gasteiger partial charge >= 0.3 is 11.9 Å². The minimum Gasteiger partial charge on any atom is -0.461 e. The van der Waals surface area contributed by atoms with E-state index < -0.39 is 34.5 Å². The Morgan fingerprint density at radius 2 is 2.12 bits per heavy atom. The van der Waals surface area contributed by atoms with Gasteiger partial charge in [0, 0.05) is 18.2 Å². The number of hydrogen-bond acceptors (Lipinski definition) is 8. The number of carbonyl (C=O) groups is 4. The van der Waals surface area contributed by atoms with Gasteiger partial charge in [-0.15, -0.1) is 11.8 Å². The van der Waals surface area contributed by atoms with Crippen molar-refractivity contribution in [2.45, 2.75) is 44.3 Å². The van der Waals surface area contributed by atoms with Crippen LogP contribution in [-0.4, -0.2) is 58.2 Å². The lowest BCUT2D eigenvalue weighted by molar-refractivity contribution is -0.163. The Balaban J connectivity index is 2.45. The van der Waals surface area contributed by atoms with Crippen LogP contribution in [0.2, 0.25) is 0 Å². The second kappa shape index (κ2) is 6.68. The number of nitrogens with zero attached hydrogens (tertiary/aromatic N) is 1. The molecule has 2 amide bonds. The molecule has 0 aromatic rings. The summed E-state index contributed by atoms with van der Waals surface area (Å²) in [6, 6.07) is -0.990. The Morgan fingerprint density at radius 3 is 2.64 bits per heavy atom. The molecule has 10 heteroatoms. The van der Waals surface area contributed by atoms with E-state index in [9.17, 15) is 19.2 Å². The smallest absolute Gasteiger partial charge is 0.355 e. The zero-order valence-electron chi connectivity index (χ0n) is 14.5. The molecule has 1 fully saturated rings. The van der Waals surface area contributed by atoms with Crippen molar-refractivity contribution in [3.05, 3.63) is 11.3 Å². The number of rotatable bonds is 5. The number of thioether (sulfide) groups is 1. The average molecular weight is 371 g/mol. The van der Waals surface area contributed by atoms with E-state index >= 15 is 0 Å². The Labute approximate surface area is 149 Å². The molecular weight excluding hydrogens is 350 g/mol. The van der Waals surface area contributed by atoms with Gasteiger partial charge in [-0.3, -0.25) is 19.3 Å². The first-order valence-corrected chi connectivity index (χ1v) is 8.55. The molecule has 0 spiro atoms. The Morgan fingerprint density at radius 1 is 1.48 bits per heavy atom. The molecule has 0 radical (unpaired) electrons. The van der Waals surface area contributed by atoms with Crippen molar-refractivity contribution in [2.24, 2.45) is 5.73 Å². The first kappa shape index (κ1) is 19.3. The van der Waals surface area contributed by atoms with Crippen LogP contribution in [-0.2, 0) is 28.7 Å². The minimum atomic E-state index is -1.25. The van der Waals surface area contributed by atoms with E-state index in [1.807, 2.05) is 0 Å². The highest BCUT2D eigenvalue weighted by molar-refractivity contribution is 8.01. The molecule has 2 heterocycles. The molecule has 2 aliphatic rings. The van der Waals surface area contributed by atoms with Gasteiger partial charge in [0.1, 0.15) is 23.9 Å². The number of hydrogen-bond donors (Lipinski definition) is 2.